The van der Waals surface area contributed by atoms with E-state index in [1.54, 1.807) is 6.07 Å². The summed E-state index contributed by atoms with van der Waals surface area (Å²) in [4.78, 5) is 12.8. The van der Waals surface area contributed by atoms with Gasteiger partial charge in [0.1, 0.15) is 5.75 Å². The first-order valence-electron chi connectivity index (χ1n) is 9.51. The maximum Gasteiger partial charge on any atom is 0.255 e. The molecule has 0 heterocycles. The van der Waals surface area contributed by atoms with Gasteiger partial charge in [-0.2, -0.15) is 0 Å². The van der Waals surface area contributed by atoms with Crippen molar-refractivity contribution in [2.75, 3.05) is 7.11 Å². The van der Waals surface area contributed by atoms with E-state index < -0.39 is 10.0 Å². The molecule has 2 N–H and O–H groups in total. The summed E-state index contributed by atoms with van der Waals surface area (Å²) in [5.41, 5.74) is 0.271. The minimum absolute atomic E-state index is 0.0124. The van der Waals surface area contributed by atoms with E-state index in [0.717, 1.165) is 51.4 Å². The van der Waals surface area contributed by atoms with E-state index in [9.17, 15) is 13.2 Å². The number of sulfonamides is 1. The van der Waals surface area contributed by atoms with Crippen molar-refractivity contribution < 1.29 is 17.9 Å². The molecule has 6 nitrogen and oxygen atoms in total. The smallest absolute Gasteiger partial charge is 0.255 e. The molecule has 2 aliphatic rings. The van der Waals surface area contributed by atoms with Gasteiger partial charge in [0.05, 0.1) is 17.6 Å². The molecule has 2 fully saturated rings. The zero-order chi connectivity index (χ0) is 18.6. The lowest BCUT2D eigenvalue weighted by Crippen LogP contribution is -2.36. The molecule has 0 atom stereocenters. The Hall–Kier alpha value is -1.60. The van der Waals surface area contributed by atoms with E-state index >= 15 is 0 Å². The van der Waals surface area contributed by atoms with Crippen LogP contribution in [-0.4, -0.2) is 33.5 Å². The van der Waals surface area contributed by atoms with Crippen LogP contribution in [-0.2, 0) is 10.0 Å². The third-order valence-electron chi connectivity index (χ3n) is 5.34. The molecule has 0 aromatic heterocycles. The molecule has 2 aliphatic carbocycles. The van der Waals surface area contributed by atoms with Gasteiger partial charge in [-0.25, -0.2) is 13.1 Å². The van der Waals surface area contributed by atoms with Crippen LogP contribution in [0.1, 0.15) is 68.1 Å². The van der Waals surface area contributed by atoms with Crippen LogP contribution >= 0.6 is 0 Å². The van der Waals surface area contributed by atoms with Crippen LogP contribution in [0.5, 0.6) is 5.75 Å². The highest BCUT2D eigenvalue weighted by Gasteiger charge is 2.25. The van der Waals surface area contributed by atoms with E-state index in [1.165, 1.54) is 25.7 Å². The molecule has 0 radical (unpaired) electrons. The largest absolute Gasteiger partial charge is 0.496 e. The fourth-order valence-corrected chi connectivity index (χ4v) is 5.20. The van der Waals surface area contributed by atoms with E-state index in [2.05, 4.69) is 10.0 Å². The minimum atomic E-state index is -3.64. The average Bonchev–Trinajstić information content (AvgIpc) is 3.14. The molecule has 144 valence electrons. The second-order valence-corrected chi connectivity index (χ2v) is 8.99. The van der Waals surface area contributed by atoms with E-state index in [-0.39, 0.29) is 28.4 Å². The zero-order valence-corrected chi connectivity index (χ0v) is 16.1. The van der Waals surface area contributed by atoms with Gasteiger partial charge in [0.15, 0.2) is 0 Å². The number of carbonyl (C=O) groups is 1. The van der Waals surface area contributed by atoms with Gasteiger partial charge in [-0.3, -0.25) is 4.79 Å². The van der Waals surface area contributed by atoms with Gasteiger partial charge < -0.3 is 10.1 Å². The zero-order valence-electron chi connectivity index (χ0n) is 15.3. The number of rotatable bonds is 6. The second kappa shape index (κ2) is 8.39. The highest BCUT2D eigenvalue weighted by Crippen LogP contribution is 2.26. The fraction of sp³-hybridized carbons (Fsp3) is 0.632. The van der Waals surface area contributed by atoms with Gasteiger partial charge in [-0.15, -0.1) is 0 Å². The summed E-state index contributed by atoms with van der Waals surface area (Å²) in [5, 5.41) is 3.03. The van der Waals surface area contributed by atoms with Crippen molar-refractivity contribution in [1.82, 2.24) is 10.0 Å². The number of carbonyl (C=O) groups excluding carboxylic acids is 1. The standard InChI is InChI=1S/C19H28N2O4S/c1-25-18-12-11-16(26(23,24)21-15-9-5-6-10-15)13-17(18)19(22)20-14-7-3-2-4-8-14/h11-15,21H,2-10H2,1H3,(H,20,22). The topological polar surface area (TPSA) is 84.5 Å². The monoisotopic (exact) mass is 380 g/mol. The van der Waals surface area contributed by atoms with Gasteiger partial charge in [0, 0.05) is 12.1 Å². The Morgan fingerprint density at radius 3 is 2.27 bits per heavy atom. The lowest BCUT2D eigenvalue weighted by molar-refractivity contribution is 0.0924. The third-order valence-corrected chi connectivity index (χ3v) is 6.86. The molecular weight excluding hydrogens is 352 g/mol. The number of ether oxygens (including phenoxy) is 1. The lowest BCUT2D eigenvalue weighted by Gasteiger charge is -2.23. The molecule has 3 rings (SSSR count). The van der Waals surface area contributed by atoms with Crippen LogP contribution in [0.4, 0.5) is 0 Å². The van der Waals surface area contributed by atoms with Gasteiger partial charge in [0.25, 0.3) is 5.91 Å². The molecule has 26 heavy (non-hydrogen) atoms. The van der Waals surface area contributed by atoms with Crippen molar-refractivity contribution in [3.05, 3.63) is 23.8 Å². The van der Waals surface area contributed by atoms with Gasteiger partial charge in [-0.1, -0.05) is 32.1 Å². The van der Waals surface area contributed by atoms with Crippen LogP contribution in [0.15, 0.2) is 23.1 Å². The normalized spacial score (nSPS) is 19.4. The number of benzene rings is 1. The maximum absolute atomic E-state index is 12.7. The first kappa shape index (κ1) is 19.2. The highest BCUT2D eigenvalue weighted by atomic mass is 32.2. The van der Waals surface area contributed by atoms with E-state index in [4.69, 9.17) is 4.74 Å². The number of hydrogen-bond donors (Lipinski definition) is 2. The summed E-state index contributed by atoms with van der Waals surface area (Å²) < 4.78 is 33.4. The lowest BCUT2D eigenvalue weighted by atomic mass is 9.95. The third kappa shape index (κ3) is 4.57. The van der Waals surface area contributed by atoms with Crippen LogP contribution in [0.3, 0.4) is 0 Å². The minimum Gasteiger partial charge on any atom is -0.496 e. The molecule has 1 amide bonds. The SMILES string of the molecule is COc1ccc(S(=O)(=O)NC2CCCC2)cc1C(=O)NC1CCCCC1. The number of hydrogen-bond acceptors (Lipinski definition) is 4. The summed E-state index contributed by atoms with van der Waals surface area (Å²) in [6.45, 7) is 0. The molecule has 0 unspecified atom stereocenters. The van der Waals surface area contributed by atoms with Crippen LogP contribution < -0.4 is 14.8 Å². The number of methoxy groups -OCH3 is 1. The quantitative estimate of drug-likeness (QED) is 0.795. The predicted octanol–water partition coefficient (Wildman–Crippen LogP) is 2.98. The Labute approximate surface area is 155 Å². The van der Waals surface area contributed by atoms with Crippen molar-refractivity contribution in [2.45, 2.75) is 74.8 Å². The Kier molecular flexibility index (Phi) is 6.19. The summed E-state index contributed by atoms with van der Waals surface area (Å²) >= 11 is 0. The Bertz CT molecular complexity index is 736. The maximum atomic E-state index is 12.7. The van der Waals surface area contributed by atoms with Crippen molar-refractivity contribution in [3.8, 4) is 5.75 Å². The van der Waals surface area contributed by atoms with Crippen LogP contribution in [0.25, 0.3) is 0 Å². The van der Waals surface area contributed by atoms with Crippen LogP contribution in [0.2, 0.25) is 0 Å². The molecule has 1 aromatic rings. The van der Waals surface area contributed by atoms with Gasteiger partial charge >= 0.3 is 0 Å². The number of nitrogens with one attached hydrogen (secondary N) is 2. The summed E-state index contributed by atoms with van der Waals surface area (Å²) in [5.74, 6) is 0.116. The molecule has 0 spiro atoms. The van der Waals surface area contributed by atoms with Crippen molar-refractivity contribution in [1.29, 1.82) is 0 Å². The van der Waals surface area contributed by atoms with Crippen molar-refractivity contribution >= 4 is 15.9 Å². The Morgan fingerprint density at radius 1 is 1.00 bits per heavy atom. The fourth-order valence-electron chi connectivity index (χ4n) is 3.87. The van der Waals surface area contributed by atoms with E-state index in [1.807, 2.05) is 0 Å². The molecule has 1 aromatic carbocycles. The molecule has 7 heteroatoms. The van der Waals surface area contributed by atoms with Crippen molar-refractivity contribution in [3.63, 3.8) is 0 Å². The highest BCUT2D eigenvalue weighted by molar-refractivity contribution is 7.89. The van der Waals surface area contributed by atoms with Gasteiger partial charge in [-0.05, 0) is 43.9 Å². The molecule has 0 aliphatic heterocycles. The number of amides is 1. The first-order chi connectivity index (χ1) is 12.5. The molecule has 0 bridgehead atoms. The summed E-state index contributed by atoms with van der Waals surface area (Å²) in [6.07, 6.45) is 9.19. The Morgan fingerprint density at radius 2 is 1.62 bits per heavy atom. The van der Waals surface area contributed by atoms with Crippen molar-refractivity contribution in [2.24, 2.45) is 0 Å². The second-order valence-electron chi connectivity index (χ2n) is 7.27. The predicted molar refractivity (Wildman–Crippen MR) is 99.9 cm³/mol. The molecule has 2 saturated carbocycles. The summed E-state index contributed by atoms with van der Waals surface area (Å²) in [7, 11) is -2.16. The van der Waals surface area contributed by atoms with E-state index in [0.29, 0.717) is 5.75 Å². The average molecular weight is 381 g/mol. The Balaban J connectivity index is 1.79. The molecule has 0 saturated heterocycles. The van der Waals surface area contributed by atoms with Crippen LogP contribution in [0, 0.1) is 0 Å². The molecular formula is C19H28N2O4S. The van der Waals surface area contributed by atoms with Gasteiger partial charge in [0.2, 0.25) is 10.0 Å². The summed E-state index contributed by atoms with van der Waals surface area (Å²) in [6, 6.07) is 4.61. The first-order valence-corrected chi connectivity index (χ1v) is 11.0.